The summed E-state index contributed by atoms with van der Waals surface area (Å²) in [5.74, 6) is 5.06. The zero-order valence-corrected chi connectivity index (χ0v) is 40.2. The smallest absolute Gasteiger partial charge is 0.252 e. The molecule has 10 aromatic carbocycles. The monoisotopic (exact) mass is 878 g/mol. The molecule has 68 heavy (non-hydrogen) atoms. The van der Waals surface area contributed by atoms with Gasteiger partial charge >= 0.3 is 0 Å². The van der Waals surface area contributed by atoms with E-state index in [9.17, 15) is 0 Å². The molecule has 0 aromatic heterocycles. The number of hydrogen-bond acceptors (Lipinski definition) is 4. The van der Waals surface area contributed by atoms with Crippen LogP contribution in [0.1, 0.15) is 44.5 Å². The Balaban J connectivity index is 1.26. The molecule has 0 aliphatic carbocycles. The van der Waals surface area contributed by atoms with Crippen molar-refractivity contribution in [3.8, 4) is 79.0 Å². The van der Waals surface area contributed by atoms with Gasteiger partial charge in [0.1, 0.15) is 34.5 Å². The first-order valence-corrected chi connectivity index (χ1v) is 23.9. The molecule has 0 unspecified atom stereocenters. The molecule has 0 saturated heterocycles. The molecule has 4 aliphatic heterocycles. The Morgan fingerprint density at radius 2 is 0.779 bits per heavy atom. The topological polar surface area (TPSA) is 36.9 Å². The molecule has 0 N–H and O–H groups in total. The summed E-state index contributed by atoms with van der Waals surface area (Å²) in [6, 6.07) is 41.8. The number of fused-ring (bicyclic) bond motifs is 8. The Morgan fingerprint density at radius 3 is 1.31 bits per heavy atom. The normalized spacial score (nSPS) is 13.3. The van der Waals surface area contributed by atoms with E-state index in [1.54, 1.807) is 14.2 Å². The van der Waals surface area contributed by atoms with E-state index in [4.69, 9.17) is 18.9 Å². The minimum atomic E-state index is -0.106. The van der Waals surface area contributed by atoms with E-state index < -0.39 is 0 Å². The third-order valence-electron chi connectivity index (χ3n) is 15.9. The lowest BCUT2D eigenvalue weighted by Gasteiger charge is -2.38. The first kappa shape index (κ1) is 39.7. The highest BCUT2D eigenvalue weighted by molar-refractivity contribution is 7.01. The summed E-state index contributed by atoms with van der Waals surface area (Å²) in [5.41, 5.74) is 27.4. The SMILES string of the molecule is COc1ccc2c(c1)Oc1cc(OC)cc3c1B2c1cc2c(-c4c(C)cc(C)cc4C)cc4c5c(cc6c(-c7c(C)cc(C)cc7C)cc-3c1c6c25)B1c2ccc(C)cc2Oc2cc(C)cc-4c21. The van der Waals surface area contributed by atoms with Crippen LogP contribution in [0.25, 0.3) is 76.8 Å². The van der Waals surface area contributed by atoms with E-state index >= 15 is 0 Å². The van der Waals surface area contributed by atoms with Gasteiger partial charge < -0.3 is 18.9 Å². The van der Waals surface area contributed by atoms with Crippen molar-refractivity contribution >= 4 is 78.5 Å². The fourth-order valence-corrected chi connectivity index (χ4v) is 13.6. The number of aryl methyl sites for hydroxylation is 8. The number of hydrogen-bond donors (Lipinski definition) is 0. The number of methoxy groups -OCH3 is 2. The van der Waals surface area contributed by atoms with Gasteiger partial charge in [-0.25, -0.2) is 0 Å². The van der Waals surface area contributed by atoms with E-state index in [2.05, 4.69) is 159 Å². The van der Waals surface area contributed by atoms with Crippen molar-refractivity contribution in [2.45, 2.75) is 55.4 Å². The lowest BCUT2D eigenvalue weighted by atomic mass is 9.31. The second-order valence-corrected chi connectivity index (χ2v) is 20.3. The lowest BCUT2D eigenvalue weighted by Crippen LogP contribution is -2.58. The summed E-state index contributed by atoms with van der Waals surface area (Å²) in [6.45, 7) is 17.8. The van der Waals surface area contributed by atoms with Crippen LogP contribution in [0.3, 0.4) is 0 Å². The molecule has 0 spiro atoms. The standard InChI is InChI=1S/C62H48B2O4/c1-29-11-13-47-51(20-29)67-53-21-32(4)19-45-41-25-39(55-33(5)15-30(2)16-34(55)6)43-28-50-58-42(46-22-38(66-10)24-54-62(46)64(50)48-14-12-37(65-9)23-52(48)68-54)26-40(56-35(7)17-31(3)18-36(56)8)44-27-49(63(47)61(45)53)57(41)59(43)60(44)58/h11-28H,1-10H3. The molecule has 0 atom stereocenters. The second kappa shape index (κ2) is 13.6. The van der Waals surface area contributed by atoms with Crippen molar-refractivity contribution in [1.29, 1.82) is 0 Å². The molecule has 326 valence electrons. The summed E-state index contributed by atoms with van der Waals surface area (Å²) in [6.07, 6.45) is 0. The average molecular weight is 879 g/mol. The van der Waals surface area contributed by atoms with Gasteiger partial charge in [0, 0.05) is 12.1 Å². The van der Waals surface area contributed by atoms with Crippen LogP contribution < -0.4 is 51.7 Å². The van der Waals surface area contributed by atoms with Crippen LogP contribution in [-0.4, -0.2) is 27.6 Å². The number of benzene rings is 10. The molecule has 0 radical (unpaired) electrons. The molecule has 0 fully saturated rings. The Morgan fingerprint density at radius 1 is 0.338 bits per heavy atom. The van der Waals surface area contributed by atoms with Gasteiger partial charge in [-0.1, -0.05) is 82.7 Å². The van der Waals surface area contributed by atoms with Crippen molar-refractivity contribution in [2.24, 2.45) is 0 Å². The lowest BCUT2D eigenvalue weighted by molar-refractivity contribution is 0.405. The quantitative estimate of drug-likeness (QED) is 0.130. The van der Waals surface area contributed by atoms with Gasteiger partial charge in [0.25, 0.3) is 13.4 Å². The first-order valence-electron chi connectivity index (χ1n) is 23.9. The predicted molar refractivity (Wildman–Crippen MR) is 285 cm³/mol. The maximum atomic E-state index is 6.99. The van der Waals surface area contributed by atoms with Gasteiger partial charge in [0.2, 0.25) is 0 Å². The van der Waals surface area contributed by atoms with Crippen LogP contribution in [0.2, 0.25) is 0 Å². The van der Waals surface area contributed by atoms with E-state index in [1.165, 1.54) is 143 Å². The van der Waals surface area contributed by atoms with Gasteiger partial charge in [-0.05, 0) is 224 Å². The van der Waals surface area contributed by atoms with Crippen LogP contribution in [0, 0.1) is 55.4 Å². The molecule has 14 rings (SSSR count). The summed E-state index contributed by atoms with van der Waals surface area (Å²) in [4.78, 5) is 0. The third-order valence-corrected chi connectivity index (χ3v) is 15.9. The maximum Gasteiger partial charge on any atom is 0.252 e. The zero-order valence-electron chi connectivity index (χ0n) is 40.2. The summed E-state index contributed by atoms with van der Waals surface area (Å²) in [7, 11) is 3.48. The van der Waals surface area contributed by atoms with E-state index in [0.29, 0.717) is 0 Å². The van der Waals surface area contributed by atoms with Crippen LogP contribution in [0.4, 0.5) is 0 Å². The van der Waals surface area contributed by atoms with Gasteiger partial charge in [0.15, 0.2) is 0 Å². The molecule has 0 bridgehead atoms. The molecule has 4 nitrogen and oxygen atoms in total. The second-order valence-electron chi connectivity index (χ2n) is 20.3. The fourth-order valence-electron chi connectivity index (χ4n) is 13.6. The molecule has 0 amide bonds. The molecule has 4 heterocycles. The summed E-state index contributed by atoms with van der Waals surface area (Å²) >= 11 is 0. The van der Waals surface area contributed by atoms with Crippen LogP contribution >= 0.6 is 0 Å². The van der Waals surface area contributed by atoms with Crippen molar-refractivity contribution in [3.05, 3.63) is 154 Å². The van der Waals surface area contributed by atoms with Crippen molar-refractivity contribution in [2.75, 3.05) is 14.2 Å². The molecular formula is C62H48B2O4. The van der Waals surface area contributed by atoms with Gasteiger partial charge in [0.05, 0.1) is 14.2 Å². The summed E-state index contributed by atoms with van der Waals surface area (Å²) < 4.78 is 25.9. The Kier molecular flexibility index (Phi) is 7.94. The molecule has 4 aliphatic rings. The van der Waals surface area contributed by atoms with Crippen LogP contribution in [-0.2, 0) is 0 Å². The highest BCUT2D eigenvalue weighted by Gasteiger charge is 2.45. The average Bonchev–Trinajstić information content (AvgIpc) is 3.30. The first-order chi connectivity index (χ1) is 32.9. The predicted octanol–water partition coefficient (Wildman–Crippen LogP) is 11.6. The molecule has 0 saturated carbocycles. The third kappa shape index (κ3) is 5.13. The molecular weight excluding hydrogens is 830 g/mol. The Bertz CT molecular complexity index is 3950. The van der Waals surface area contributed by atoms with E-state index in [1.807, 2.05) is 6.07 Å². The number of rotatable bonds is 4. The molecule has 6 heteroatoms. The van der Waals surface area contributed by atoms with Gasteiger partial charge in [-0.15, -0.1) is 0 Å². The molecule has 10 aromatic rings. The Labute approximate surface area is 398 Å². The summed E-state index contributed by atoms with van der Waals surface area (Å²) in [5, 5.41) is 7.83. The van der Waals surface area contributed by atoms with E-state index in [0.717, 1.165) is 45.5 Å². The van der Waals surface area contributed by atoms with Crippen molar-refractivity contribution in [1.82, 2.24) is 0 Å². The van der Waals surface area contributed by atoms with Crippen LogP contribution in [0.5, 0.6) is 34.5 Å². The van der Waals surface area contributed by atoms with Gasteiger partial charge in [-0.2, -0.15) is 0 Å². The highest BCUT2D eigenvalue weighted by atomic mass is 16.5. The highest BCUT2D eigenvalue weighted by Crippen LogP contribution is 2.52. The number of ether oxygens (including phenoxy) is 4. The minimum absolute atomic E-state index is 0.0252. The zero-order chi connectivity index (χ0) is 46.3. The largest absolute Gasteiger partial charge is 0.497 e. The van der Waals surface area contributed by atoms with Crippen molar-refractivity contribution < 1.29 is 18.9 Å². The van der Waals surface area contributed by atoms with Crippen LogP contribution in [0.15, 0.2) is 109 Å². The fraction of sp³-hybridized carbons (Fsp3) is 0.161. The maximum absolute atomic E-state index is 6.99. The van der Waals surface area contributed by atoms with Gasteiger partial charge in [-0.3, -0.25) is 0 Å². The van der Waals surface area contributed by atoms with Crippen molar-refractivity contribution in [3.63, 3.8) is 0 Å². The van der Waals surface area contributed by atoms with E-state index in [-0.39, 0.29) is 13.4 Å². The Hall–Kier alpha value is -7.43. The minimum Gasteiger partial charge on any atom is -0.497 e.